The molecule has 0 aliphatic carbocycles. The molecule has 1 rings (SSSR count). The molecule has 1 atom stereocenters. The summed E-state index contributed by atoms with van der Waals surface area (Å²) in [6.07, 6.45) is 0. The Morgan fingerprint density at radius 2 is 1.83 bits per heavy atom. The highest BCUT2D eigenvalue weighted by Crippen LogP contribution is 2.28. The topological polar surface area (TPSA) is 92.4 Å². The highest BCUT2D eigenvalue weighted by molar-refractivity contribution is 6.06. The molecule has 0 aromatic heterocycles. The number of nitrogens with two attached hydrogens (primary N) is 1. The summed E-state index contributed by atoms with van der Waals surface area (Å²) in [5.41, 5.74) is 5.86. The number of carbonyl (C=O) groups is 2. The molecule has 18 heavy (non-hydrogen) atoms. The molecule has 0 radical (unpaired) electrons. The number of carbonyl (C=O) groups excluding carboxylic acids is 1. The number of rotatable bonds is 3. The summed E-state index contributed by atoms with van der Waals surface area (Å²) in [7, 11) is 0. The molecular formula is C13H18N2O3. The molecule has 1 amide bonds. The van der Waals surface area contributed by atoms with Crippen molar-refractivity contribution in [2.45, 2.75) is 20.8 Å². The van der Waals surface area contributed by atoms with Crippen LogP contribution in [0.5, 0.6) is 0 Å². The van der Waals surface area contributed by atoms with E-state index in [0.29, 0.717) is 11.4 Å². The highest BCUT2D eigenvalue weighted by atomic mass is 16.4. The zero-order valence-corrected chi connectivity index (χ0v) is 10.7. The standard InChI is InChI=1S/C13H18N2O3/c1-13(2,3)10(12(17)18)11(16)15-9-7-5-4-6-8(9)14/h4-7,10H,14H2,1-3H3,(H,15,16)(H,17,18). The number of carboxylic acid groups (broad SMARTS) is 1. The zero-order valence-electron chi connectivity index (χ0n) is 10.7. The lowest BCUT2D eigenvalue weighted by atomic mass is 9.80. The summed E-state index contributed by atoms with van der Waals surface area (Å²) in [4.78, 5) is 23.2. The number of para-hydroxylation sites is 2. The maximum atomic E-state index is 12.0. The van der Waals surface area contributed by atoms with Crippen LogP contribution < -0.4 is 11.1 Å². The van der Waals surface area contributed by atoms with E-state index in [1.165, 1.54) is 0 Å². The van der Waals surface area contributed by atoms with Gasteiger partial charge in [0, 0.05) is 0 Å². The van der Waals surface area contributed by atoms with Gasteiger partial charge in [-0.1, -0.05) is 32.9 Å². The molecule has 5 nitrogen and oxygen atoms in total. The van der Waals surface area contributed by atoms with Crippen LogP contribution in [0.25, 0.3) is 0 Å². The van der Waals surface area contributed by atoms with E-state index >= 15 is 0 Å². The van der Waals surface area contributed by atoms with Crippen molar-refractivity contribution in [3.63, 3.8) is 0 Å². The monoisotopic (exact) mass is 250 g/mol. The number of nitrogen functional groups attached to an aromatic ring is 1. The van der Waals surface area contributed by atoms with Crippen molar-refractivity contribution in [3.8, 4) is 0 Å². The predicted octanol–water partition coefficient (Wildman–Crippen LogP) is 1.95. The fraction of sp³-hybridized carbons (Fsp3) is 0.385. The number of hydrogen-bond donors (Lipinski definition) is 3. The molecule has 1 aromatic rings. The van der Waals surface area contributed by atoms with Crippen molar-refractivity contribution in [2.75, 3.05) is 11.1 Å². The fourth-order valence-electron chi connectivity index (χ4n) is 1.69. The van der Waals surface area contributed by atoms with Crippen molar-refractivity contribution in [2.24, 2.45) is 11.3 Å². The maximum absolute atomic E-state index is 12.0. The van der Waals surface area contributed by atoms with Crippen molar-refractivity contribution < 1.29 is 14.7 Å². The Morgan fingerprint density at radius 1 is 1.28 bits per heavy atom. The molecule has 0 saturated heterocycles. The first-order valence-electron chi connectivity index (χ1n) is 5.61. The van der Waals surface area contributed by atoms with Crippen molar-refractivity contribution >= 4 is 23.3 Å². The molecule has 5 heteroatoms. The van der Waals surface area contributed by atoms with Crippen LogP contribution in [0, 0.1) is 11.3 Å². The molecule has 0 spiro atoms. The molecule has 0 aliphatic rings. The first-order valence-corrected chi connectivity index (χ1v) is 5.61. The van der Waals surface area contributed by atoms with Crippen molar-refractivity contribution in [1.29, 1.82) is 0 Å². The Balaban J connectivity index is 2.94. The van der Waals surface area contributed by atoms with Crippen LogP contribution in [0.2, 0.25) is 0 Å². The van der Waals surface area contributed by atoms with E-state index in [9.17, 15) is 9.59 Å². The van der Waals surface area contributed by atoms with E-state index < -0.39 is 23.2 Å². The predicted molar refractivity (Wildman–Crippen MR) is 70.1 cm³/mol. The molecule has 4 N–H and O–H groups in total. The van der Waals surface area contributed by atoms with Gasteiger partial charge in [0.1, 0.15) is 5.92 Å². The van der Waals surface area contributed by atoms with Gasteiger partial charge in [0.05, 0.1) is 11.4 Å². The largest absolute Gasteiger partial charge is 0.481 e. The Labute approximate surface area is 106 Å². The van der Waals surface area contributed by atoms with Crippen LogP contribution in [-0.2, 0) is 9.59 Å². The minimum Gasteiger partial charge on any atom is -0.481 e. The van der Waals surface area contributed by atoms with Gasteiger partial charge in [0.15, 0.2) is 0 Å². The van der Waals surface area contributed by atoms with Gasteiger partial charge >= 0.3 is 5.97 Å². The van der Waals surface area contributed by atoms with Crippen LogP contribution in [0.15, 0.2) is 24.3 Å². The SMILES string of the molecule is CC(C)(C)C(C(=O)O)C(=O)Nc1ccccc1N. The molecule has 0 aliphatic heterocycles. The summed E-state index contributed by atoms with van der Waals surface area (Å²) < 4.78 is 0. The first kappa shape index (κ1) is 14.0. The molecule has 0 bridgehead atoms. The van der Waals surface area contributed by atoms with Gasteiger partial charge in [-0.25, -0.2) is 0 Å². The van der Waals surface area contributed by atoms with Gasteiger partial charge in [-0.2, -0.15) is 0 Å². The summed E-state index contributed by atoms with van der Waals surface area (Å²) in [5, 5.41) is 11.7. The fourth-order valence-corrected chi connectivity index (χ4v) is 1.69. The van der Waals surface area contributed by atoms with E-state index in [0.717, 1.165) is 0 Å². The van der Waals surface area contributed by atoms with Crippen molar-refractivity contribution in [3.05, 3.63) is 24.3 Å². The van der Waals surface area contributed by atoms with Gasteiger partial charge < -0.3 is 16.2 Å². The van der Waals surface area contributed by atoms with Crippen LogP contribution in [0.3, 0.4) is 0 Å². The molecule has 1 aromatic carbocycles. The molecular weight excluding hydrogens is 232 g/mol. The normalized spacial score (nSPS) is 12.8. The number of carboxylic acids is 1. The van der Waals surface area contributed by atoms with Gasteiger partial charge in [-0.15, -0.1) is 0 Å². The Kier molecular flexibility index (Phi) is 3.96. The third kappa shape index (κ3) is 3.23. The molecule has 98 valence electrons. The van der Waals surface area contributed by atoms with Crippen LogP contribution in [-0.4, -0.2) is 17.0 Å². The smallest absolute Gasteiger partial charge is 0.316 e. The lowest BCUT2D eigenvalue weighted by molar-refractivity contribution is -0.149. The maximum Gasteiger partial charge on any atom is 0.316 e. The average molecular weight is 250 g/mol. The third-order valence-corrected chi connectivity index (χ3v) is 2.59. The first-order chi connectivity index (χ1) is 8.23. The van der Waals surface area contributed by atoms with Gasteiger partial charge in [-0.05, 0) is 17.5 Å². The van der Waals surface area contributed by atoms with E-state index in [2.05, 4.69) is 5.32 Å². The lowest BCUT2D eigenvalue weighted by Crippen LogP contribution is -2.39. The van der Waals surface area contributed by atoms with Crippen molar-refractivity contribution in [1.82, 2.24) is 0 Å². The lowest BCUT2D eigenvalue weighted by Gasteiger charge is -2.26. The van der Waals surface area contributed by atoms with Gasteiger partial charge in [-0.3, -0.25) is 9.59 Å². The van der Waals surface area contributed by atoms with Crippen LogP contribution >= 0.6 is 0 Å². The van der Waals surface area contributed by atoms with Gasteiger partial charge in [0.2, 0.25) is 5.91 Å². The minimum absolute atomic E-state index is 0.406. The van der Waals surface area contributed by atoms with Crippen LogP contribution in [0.1, 0.15) is 20.8 Å². The number of anilines is 2. The summed E-state index contributed by atoms with van der Waals surface area (Å²) in [6, 6.07) is 6.74. The molecule has 1 unspecified atom stereocenters. The molecule has 0 heterocycles. The minimum atomic E-state index is -1.14. The van der Waals surface area contributed by atoms with Crippen LogP contribution in [0.4, 0.5) is 11.4 Å². The second-order valence-corrected chi connectivity index (χ2v) is 5.21. The summed E-state index contributed by atoms with van der Waals surface area (Å²) in [6.45, 7) is 5.12. The number of aliphatic carboxylic acids is 1. The number of nitrogens with one attached hydrogen (secondary N) is 1. The highest BCUT2D eigenvalue weighted by Gasteiger charge is 2.37. The van der Waals surface area contributed by atoms with E-state index in [-0.39, 0.29) is 0 Å². The Hall–Kier alpha value is -2.04. The summed E-state index contributed by atoms with van der Waals surface area (Å²) >= 11 is 0. The average Bonchev–Trinajstić information content (AvgIpc) is 2.18. The number of hydrogen-bond acceptors (Lipinski definition) is 3. The molecule has 0 saturated carbocycles. The Morgan fingerprint density at radius 3 is 2.28 bits per heavy atom. The van der Waals surface area contributed by atoms with E-state index in [4.69, 9.17) is 10.8 Å². The van der Waals surface area contributed by atoms with E-state index in [1.54, 1.807) is 45.0 Å². The molecule has 0 fully saturated rings. The summed E-state index contributed by atoms with van der Waals surface area (Å²) in [5.74, 6) is -2.83. The number of benzene rings is 1. The quantitative estimate of drug-likeness (QED) is 0.564. The van der Waals surface area contributed by atoms with E-state index in [1.807, 2.05) is 0 Å². The number of amides is 1. The third-order valence-electron chi connectivity index (χ3n) is 2.59. The second-order valence-electron chi connectivity index (χ2n) is 5.21. The second kappa shape index (κ2) is 5.08. The van der Waals surface area contributed by atoms with Gasteiger partial charge in [0.25, 0.3) is 0 Å². The zero-order chi connectivity index (χ0) is 13.9. The Bertz CT molecular complexity index is 464.